The van der Waals surface area contributed by atoms with E-state index in [2.05, 4.69) is 0 Å². The van der Waals surface area contributed by atoms with E-state index in [1.807, 2.05) is 109 Å². The quantitative estimate of drug-likeness (QED) is 0.165. The SMILES string of the molecule is O=P(c1ccccc1)(c1ccccc1)[C-](P(=O)(c1ccccc1)c1ccccc1)P(=O)(c1ccccc1)c1ccccc1.[Cl-].[Cl-].[Zr+3]. The van der Waals surface area contributed by atoms with E-state index in [1.165, 1.54) is 0 Å². The molecule has 6 rings (SSSR count). The van der Waals surface area contributed by atoms with Gasteiger partial charge < -0.3 is 38.5 Å². The van der Waals surface area contributed by atoms with Crippen LogP contribution in [0.1, 0.15) is 0 Å². The van der Waals surface area contributed by atoms with Crippen LogP contribution in [0.2, 0.25) is 0 Å². The van der Waals surface area contributed by atoms with Gasteiger partial charge in [-0.25, -0.2) is 0 Å². The van der Waals surface area contributed by atoms with Crippen molar-refractivity contribution in [2.75, 3.05) is 0 Å². The van der Waals surface area contributed by atoms with E-state index < -0.39 is 21.4 Å². The zero-order chi connectivity index (χ0) is 29.8. The maximum atomic E-state index is 16.5. The van der Waals surface area contributed by atoms with Gasteiger partial charge in [0.2, 0.25) is 0 Å². The molecule has 0 aliphatic carbocycles. The third-order valence-electron chi connectivity index (χ3n) is 7.56. The van der Waals surface area contributed by atoms with Crippen LogP contribution in [-0.2, 0) is 39.9 Å². The molecule has 0 saturated carbocycles. The summed E-state index contributed by atoms with van der Waals surface area (Å²) >= 11 is 0. The summed E-state index contributed by atoms with van der Waals surface area (Å²) in [4.78, 5) is 0. The van der Waals surface area contributed by atoms with Gasteiger partial charge in [0.15, 0.2) is 0 Å². The van der Waals surface area contributed by atoms with Crippen LogP contribution in [-0.4, -0.2) is 0 Å². The van der Waals surface area contributed by atoms with Gasteiger partial charge in [0.25, 0.3) is 0 Å². The van der Waals surface area contributed by atoms with E-state index >= 15 is 13.7 Å². The molecule has 0 aromatic heterocycles. The van der Waals surface area contributed by atoms with Crippen LogP contribution in [0, 0.1) is 5.14 Å². The van der Waals surface area contributed by atoms with Crippen molar-refractivity contribution in [1.82, 2.24) is 0 Å². The molecule has 1 radical (unpaired) electrons. The molecular formula is C37H30Cl2O3P3Zr. The summed E-state index contributed by atoms with van der Waals surface area (Å²) in [6.45, 7) is 0. The largest absolute Gasteiger partial charge is 3.00 e. The summed E-state index contributed by atoms with van der Waals surface area (Å²) in [5, 5.41) is 2.96. The smallest absolute Gasteiger partial charge is 1.00 e. The molecule has 9 heteroatoms. The van der Waals surface area contributed by atoms with Gasteiger partial charge >= 0.3 is 26.2 Å². The van der Waals surface area contributed by atoms with E-state index in [9.17, 15) is 0 Å². The molecule has 0 N–H and O–H groups in total. The van der Waals surface area contributed by atoms with Crippen molar-refractivity contribution < 1.29 is 64.7 Å². The van der Waals surface area contributed by atoms with Gasteiger partial charge in [-0.2, -0.15) is 0 Å². The van der Waals surface area contributed by atoms with Crippen LogP contribution in [0.5, 0.6) is 0 Å². The Balaban J connectivity index is 0.00000192. The summed E-state index contributed by atoms with van der Waals surface area (Å²) in [7, 11) is -12.1. The molecule has 0 aliphatic rings. The van der Waals surface area contributed by atoms with Crippen LogP contribution < -0.4 is 56.6 Å². The second-order valence-corrected chi connectivity index (χ2v) is 19.3. The molecule has 3 nitrogen and oxygen atoms in total. The first-order chi connectivity index (χ1) is 21.0. The standard InChI is InChI=1S/C37H30O3P3.2ClH.Zr/c38-41(31-19-7-1-8-20-31,32-21-9-2-10-22-32)37(42(39,33-23-11-3-12-24-33)34-25-13-4-14-26-34)43(40,35-27-15-5-16-28-35)36-29-17-6-18-30-36;;;/h1-30H;2*1H;/q-1;;;+3/p-2. The molecule has 6 aromatic rings. The summed E-state index contributed by atoms with van der Waals surface area (Å²) < 4.78 is 49.6. The Morgan fingerprint density at radius 3 is 0.543 bits per heavy atom. The Hall–Kier alpha value is -2.53. The van der Waals surface area contributed by atoms with Crippen molar-refractivity contribution in [3.63, 3.8) is 0 Å². The molecule has 0 amide bonds. The third kappa shape index (κ3) is 6.87. The van der Waals surface area contributed by atoms with Crippen LogP contribution in [0.15, 0.2) is 182 Å². The maximum Gasteiger partial charge on any atom is 3.00 e. The van der Waals surface area contributed by atoms with Gasteiger partial charge in [0.05, 0.1) is 0 Å². The van der Waals surface area contributed by atoms with E-state index in [0.29, 0.717) is 31.8 Å². The number of hydrogen-bond acceptors (Lipinski definition) is 3. The van der Waals surface area contributed by atoms with Crippen LogP contribution in [0.25, 0.3) is 0 Å². The maximum absolute atomic E-state index is 16.5. The Bertz CT molecular complexity index is 1590. The van der Waals surface area contributed by atoms with Crippen LogP contribution in [0.4, 0.5) is 0 Å². The molecule has 46 heavy (non-hydrogen) atoms. The zero-order valence-corrected chi connectivity index (χ0v) is 31.3. The minimum Gasteiger partial charge on any atom is -1.00 e. The fourth-order valence-corrected chi connectivity index (χ4v) is 20.3. The van der Waals surface area contributed by atoms with E-state index in [0.717, 1.165) is 0 Å². The van der Waals surface area contributed by atoms with E-state index in [1.54, 1.807) is 72.8 Å². The molecule has 229 valence electrons. The van der Waals surface area contributed by atoms with E-state index in [4.69, 9.17) is 0 Å². The zero-order valence-electron chi connectivity index (χ0n) is 24.6. The molecule has 0 spiro atoms. The number of benzene rings is 6. The molecule has 0 unspecified atom stereocenters. The van der Waals surface area contributed by atoms with Crippen molar-refractivity contribution in [2.45, 2.75) is 0 Å². The average Bonchev–Trinajstić information content (AvgIpc) is 3.10. The van der Waals surface area contributed by atoms with Gasteiger partial charge in [-0.05, 0) is 31.8 Å². The Labute approximate surface area is 303 Å². The number of hydrogen-bond donors (Lipinski definition) is 0. The molecule has 0 atom stereocenters. The summed E-state index contributed by atoms with van der Waals surface area (Å²) in [5.74, 6) is 0. The average molecular weight is 778 g/mol. The predicted molar refractivity (Wildman–Crippen MR) is 183 cm³/mol. The van der Waals surface area contributed by atoms with Gasteiger partial charge in [-0.15, -0.1) is 0 Å². The Kier molecular flexibility index (Phi) is 13.6. The van der Waals surface area contributed by atoms with Crippen LogP contribution in [0.3, 0.4) is 0 Å². The molecule has 0 heterocycles. The van der Waals surface area contributed by atoms with Gasteiger partial charge in [-0.1, -0.05) is 187 Å². The Morgan fingerprint density at radius 1 is 0.283 bits per heavy atom. The molecular weight excluding hydrogens is 747 g/mol. The van der Waals surface area contributed by atoms with Crippen molar-refractivity contribution in [1.29, 1.82) is 0 Å². The minimum absolute atomic E-state index is 0. The molecule has 0 saturated heterocycles. The van der Waals surface area contributed by atoms with Crippen molar-refractivity contribution in [3.05, 3.63) is 187 Å². The van der Waals surface area contributed by atoms with Gasteiger partial charge in [0.1, 0.15) is 0 Å². The predicted octanol–water partition coefficient (Wildman–Crippen LogP) is 1.48. The normalized spacial score (nSPS) is 11.4. The van der Waals surface area contributed by atoms with Crippen molar-refractivity contribution in [3.8, 4) is 0 Å². The first-order valence-electron chi connectivity index (χ1n) is 14.0. The molecule has 0 fully saturated rings. The van der Waals surface area contributed by atoms with Crippen molar-refractivity contribution in [2.24, 2.45) is 0 Å². The minimum atomic E-state index is -4.05. The summed E-state index contributed by atoms with van der Waals surface area (Å²) in [6, 6.07) is 54.7. The fourth-order valence-electron chi connectivity index (χ4n) is 5.56. The van der Waals surface area contributed by atoms with Crippen LogP contribution >= 0.6 is 21.4 Å². The molecule has 0 bridgehead atoms. The van der Waals surface area contributed by atoms with Gasteiger partial charge in [-0.3, -0.25) is 0 Å². The number of rotatable bonds is 9. The second-order valence-electron chi connectivity index (χ2n) is 10.1. The summed E-state index contributed by atoms with van der Waals surface area (Å²) in [6.07, 6.45) is 0. The topological polar surface area (TPSA) is 51.2 Å². The van der Waals surface area contributed by atoms with E-state index in [-0.39, 0.29) is 56.2 Å². The number of halogens is 2. The third-order valence-corrected chi connectivity index (χ3v) is 20.5. The molecule has 0 aliphatic heterocycles. The van der Waals surface area contributed by atoms with Gasteiger partial charge in [0, 0.05) is 21.4 Å². The Morgan fingerprint density at radius 2 is 0.413 bits per heavy atom. The summed E-state index contributed by atoms with van der Waals surface area (Å²) in [5.41, 5.74) is 0. The second kappa shape index (κ2) is 16.5. The first kappa shape index (κ1) is 37.9. The van der Waals surface area contributed by atoms with Crippen molar-refractivity contribution >= 4 is 53.3 Å². The molecule has 6 aromatic carbocycles. The first-order valence-corrected chi connectivity index (χ1v) is 19.1. The fraction of sp³-hybridized carbons (Fsp3) is 0. The monoisotopic (exact) mass is 775 g/mol.